The first-order valence-electron chi connectivity index (χ1n) is 3.04. The lowest BCUT2D eigenvalue weighted by Crippen LogP contribution is -2.01. The van der Waals surface area contributed by atoms with Crippen molar-refractivity contribution >= 4 is 45.2 Å². The number of hydrogen-bond acceptors (Lipinski definition) is 3. The molecule has 0 radical (unpaired) electrons. The van der Waals surface area contributed by atoms with Crippen LogP contribution in [0.2, 0.25) is 0 Å². The number of rotatable bonds is 5. The molecule has 0 heterocycles. The van der Waals surface area contributed by atoms with Crippen molar-refractivity contribution in [3.8, 4) is 0 Å². The maximum absolute atomic E-state index is 8.69. The van der Waals surface area contributed by atoms with E-state index < -0.39 is 0 Å². The molecular weight excluding hydrogens is 374 g/mol. The third-order valence-electron chi connectivity index (χ3n) is 0.898. The van der Waals surface area contributed by atoms with Crippen molar-refractivity contribution in [3.05, 3.63) is 7.16 Å². The second-order valence-electron chi connectivity index (χ2n) is 1.74. The van der Waals surface area contributed by atoms with Crippen molar-refractivity contribution in [2.45, 2.75) is 0 Å². The van der Waals surface area contributed by atoms with Crippen LogP contribution in [0.15, 0.2) is 7.16 Å². The molecule has 0 atom stereocenters. The Morgan fingerprint density at radius 1 is 1.18 bits per heavy atom. The highest BCUT2D eigenvalue weighted by Crippen LogP contribution is 2.18. The molecule has 11 heavy (non-hydrogen) atoms. The summed E-state index contributed by atoms with van der Waals surface area (Å²) in [5.41, 5.74) is 0. The Kier molecular flexibility index (Phi) is 8.47. The van der Waals surface area contributed by atoms with Gasteiger partial charge in [-0.3, -0.25) is 0 Å². The number of hydrogen-bond donors (Lipinski definition) is 2. The van der Waals surface area contributed by atoms with Gasteiger partial charge in [-0.05, 0) is 45.2 Å². The molecule has 0 aromatic heterocycles. The van der Waals surface area contributed by atoms with Crippen molar-refractivity contribution in [2.75, 3.05) is 26.4 Å². The molecule has 0 rings (SSSR count). The van der Waals surface area contributed by atoms with Gasteiger partial charge in [0.1, 0.15) is 0 Å². The largest absolute Gasteiger partial charge is 0.394 e. The third kappa shape index (κ3) is 6.26. The van der Waals surface area contributed by atoms with Gasteiger partial charge in [0.15, 0.2) is 0 Å². The van der Waals surface area contributed by atoms with Crippen LogP contribution < -0.4 is 0 Å². The Hall–Kier alpha value is 1.08. The zero-order chi connectivity index (χ0) is 8.69. The molecule has 0 aliphatic heterocycles. The van der Waals surface area contributed by atoms with E-state index in [0.29, 0.717) is 13.2 Å². The lowest BCUT2D eigenvalue weighted by atomic mass is 10.5. The molecule has 0 amide bonds. The molecule has 0 bridgehead atoms. The summed E-state index contributed by atoms with van der Waals surface area (Å²) in [6.07, 6.45) is 0. The monoisotopic (exact) mass is 384 g/mol. The van der Waals surface area contributed by atoms with Crippen molar-refractivity contribution in [1.29, 1.82) is 0 Å². The fourth-order valence-corrected chi connectivity index (χ4v) is 0.937. The fraction of sp³-hybridized carbons (Fsp3) is 0.667. The van der Waals surface area contributed by atoms with Crippen LogP contribution in [0.4, 0.5) is 0 Å². The predicted molar refractivity (Wildman–Crippen MR) is 60.1 cm³/mol. The second-order valence-corrected chi connectivity index (χ2v) is 4.35. The molecule has 66 valence electrons. The minimum absolute atomic E-state index is 0.0413. The molecule has 0 aromatic rings. The van der Waals surface area contributed by atoms with E-state index in [0.717, 1.165) is 7.16 Å². The number of ether oxygens (including phenoxy) is 1. The third-order valence-corrected chi connectivity index (χ3v) is 3.88. The number of halogens is 2. The van der Waals surface area contributed by atoms with Crippen molar-refractivity contribution in [1.82, 2.24) is 0 Å². The second kappa shape index (κ2) is 7.71. The molecule has 0 unspecified atom stereocenters. The van der Waals surface area contributed by atoms with Crippen molar-refractivity contribution in [3.63, 3.8) is 0 Å². The van der Waals surface area contributed by atoms with Gasteiger partial charge in [0.25, 0.3) is 0 Å². The van der Waals surface area contributed by atoms with Crippen LogP contribution in [0, 0.1) is 0 Å². The van der Waals surface area contributed by atoms with Gasteiger partial charge in [0, 0.05) is 7.16 Å². The molecule has 0 aliphatic carbocycles. The fourth-order valence-electron chi connectivity index (χ4n) is 0.390. The van der Waals surface area contributed by atoms with Gasteiger partial charge in [-0.25, -0.2) is 0 Å². The van der Waals surface area contributed by atoms with E-state index in [1.54, 1.807) is 0 Å². The van der Waals surface area contributed by atoms with E-state index in [-0.39, 0.29) is 13.2 Å². The Bertz CT molecular complexity index is 136. The number of aliphatic hydroxyl groups is 2. The van der Waals surface area contributed by atoms with Crippen LogP contribution in [0.1, 0.15) is 0 Å². The van der Waals surface area contributed by atoms with E-state index in [1.807, 2.05) is 0 Å². The van der Waals surface area contributed by atoms with Gasteiger partial charge in [0.2, 0.25) is 0 Å². The standard InChI is InChI=1S/C6H10I2O3/c7-5(3-10)6(8)4-11-2-1-9/h9-10H,1-4H2. The summed E-state index contributed by atoms with van der Waals surface area (Å²) in [5, 5.41) is 17.1. The lowest BCUT2D eigenvalue weighted by molar-refractivity contribution is 0.111. The molecule has 0 saturated heterocycles. The Labute approximate surface area is 93.1 Å². The van der Waals surface area contributed by atoms with E-state index in [2.05, 4.69) is 45.2 Å². The molecule has 0 aliphatic rings. The first-order valence-corrected chi connectivity index (χ1v) is 5.20. The summed E-state index contributed by atoms with van der Waals surface area (Å²) in [7, 11) is 0. The summed E-state index contributed by atoms with van der Waals surface area (Å²) in [6.45, 7) is 0.919. The number of aliphatic hydroxyl groups excluding tert-OH is 2. The van der Waals surface area contributed by atoms with Gasteiger partial charge in [-0.1, -0.05) is 0 Å². The maximum Gasteiger partial charge on any atom is 0.0783 e. The highest BCUT2D eigenvalue weighted by molar-refractivity contribution is 14.1. The van der Waals surface area contributed by atoms with E-state index >= 15 is 0 Å². The SMILES string of the molecule is OCCOCC(I)=C(I)CO. The zero-order valence-electron chi connectivity index (χ0n) is 5.89. The zero-order valence-corrected chi connectivity index (χ0v) is 10.2. The van der Waals surface area contributed by atoms with E-state index in [4.69, 9.17) is 14.9 Å². The molecule has 0 saturated carbocycles. The van der Waals surface area contributed by atoms with Crippen molar-refractivity contribution < 1.29 is 14.9 Å². The van der Waals surface area contributed by atoms with Gasteiger partial charge >= 0.3 is 0 Å². The average Bonchev–Trinajstić information content (AvgIpc) is 2.03. The minimum atomic E-state index is 0.0413. The van der Waals surface area contributed by atoms with Crippen LogP contribution >= 0.6 is 45.2 Å². The molecule has 0 aromatic carbocycles. The van der Waals surface area contributed by atoms with Crippen LogP contribution in [0.25, 0.3) is 0 Å². The highest BCUT2D eigenvalue weighted by Gasteiger charge is 1.98. The van der Waals surface area contributed by atoms with Gasteiger partial charge in [-0.15, -0.1) is 0 Å². The topological polar surface area (TPSA) is 49.7 Å². The van der Waals surface area contributed by atoms with E-state index in [9.17, 15) is 0 Å². The van der Waals surface area contributed by atoms with Gasteiger partial charge in [-0.2, -0.15) is 0 Å². The highest BCUT2D eigenvalue weighted by atomic mass is 127. The molecule has 2 N–H and O–H groups in total. The Morgan fingerprint density at radius 3 is 2.27 bits per heavy atom. The van der Waals surface area contributed by atoms with Crippen LogP contribution in [0.5, 0.6) is 0 Å². The minimum Gasteiger partial charge on any atom is -0.394 e. The Morgan fingerprint density at radius 2 is 1.82 bits per heavy atom. The maximum atomic E-state index is 8.69. The predicted octanol–water partition coefficient (Wildman–Crippen LogP) is 1.07. The van der Waals surface area contributed by atoms with E-state index in [1.165, 1.54) is 0 Å². The summed E-state index contributed by atoms with van der Waals surface area (Å²) < 4.78 is 6.91. The van der Waals surface area contributed by atoms with Crippen molar-refractivity contribution in [2.24, 2.45) is 0 Å². The molecule has 0 fully saturated rings. The first-order chi connectivity index (χ1) is 5.22. The summed E-state index contributed by atoms with van der Waals surface area (Å²) in [6, 6.07) is 0. The molecular formula is C6H10I2O3. The Balaban J connectivity index is 3.58. The molecule has 3 nitrogen and oxygen atoms in total. The quantitative estimate of drug-likeness (QED) is 0.551. The average molecular weight is 384 g/mol. The van der Waals surface area contributed by atoms with Gasteiger partial charge < -0.3 is 14.9 Å². The molecule has 0 spiro atoms. The lowest BCUT2D eigenvalue weighted by Gasteiger charge is -2.02. The molecule has 5 heteroatoms. The van der Waals surface area contributed by atoms with Crippen LogP contribution in [-0.2, 0) is 4.74 Å². The van der Waals surface area contributed by atoms with Gasteiger partial charge in [0.05, 0.1) is 26.4 Å². The summed E-state index contributed by atoms with van der Waals surface area (Å²) in [5.74, 6) is 0. The first kappa shape index (κ1) is 12.1. The summed E-state index contributed by atoms with van der Waals surface area (Å²) in [4.78, 5) is 0. The summed E-state index contributed by atoms with van der Waals surface area (Å²) >= 11 is 4.18. The smallest absolute Gasteiger partial charge is 0.0783 e. The van der Waals surface area contributed by atoms with Crippen LogP contribution in [-0.4, -0.2) is 36.6 Å². The normalized spacial score (nSPS) is 13.1. The van der Waals surface area contributed by atoms with Crippen LogP contribution in [0.3, 0.4) is 0 Å².